The summed E-state index contributed by atoms with van der Waals surface area (Å²) >= 11 is 3.56. The highest BCUT2D eigenvalue weighted by atomic mass is 79.9. The molecule has 1 unspecified atom stereocenters. The molecule has 0 spiro atoms. The van der Waals surface area contributed by atoms with Crippen LogP contribution in [0.15, 0.2) is 22.7 Å². The van der Waals surface area contributed by atoms with Crippen LogP contribution in [0.3, 0.4) is 0 Å². The van der Waals surface area contributed by atoms with Crippen LogP contribution in [0.2, 0.25) is 0 Å². The Hall–Kier alpha value is -0.580. The van der Waals surface area contributed by atoms with Crippen molar-refractivity contribution in [2.45, 2.75) is 32.4 Å². The van der Waals surface area contributed by atoms with Crippen molar-refractivity contribution >= 4 is 15.9 Å². The largest absolute Gasteiger partial charge is 0.496 e. The molecule has 0 aliphatic carbocycles. The van der Waals surface area contributed by atoms with Crippen molar-refractivity contribution in [3.63, 3.8) is 0 Å². The Balaban J connectivity index is 2.01. The molecule has 106 valence electrons. The molecule has 1 fully saturated rings. The number of hydrogen-bond acceptors (Lipinski definition) is 3. The molecule has 1 aliphatic heterocycles. The number of nitrogens with one attached hydrogen (secondary N) is 1. The third kappa shape index (κ3) is 4.20. The van der Waals surface area contributed by atoms with Gasteiger partial charge in [-0.15, -0.1) is 0 Å². The molecule has 0 saturated carbocycles. The maximum absolute atomic E-state index is 5.27. The van der Waals surface area contributed by atoms with Crippen molar-refractivity contribution in [2.75, 3.05) is 26.7 Å². The van der Waals surface area contributed by atoms with Crippen LogP contribution in [0.25, 0.3) is 0 Å². The first-order valence-corrected chi connectivity index (χ1v) is 7.80. The summed E-state index contributed by atoms with van der Waals surface area (Å²) in [5, 5.41) is 3.61. The van der Waals surface area contributed by atoms with E-state index in [0.717, 1.165) is 29.9 Å². The van der Waals surface area contributed by atoms with Gasteiger partial charge in [0, 0.05) is 19.1 Å². The Morgan fingerprint density at radius 3 is 3.00 bits per heavy atom. The fraction of sp³-hybridized carbons (Fsp3) is 0.600. The zero-order valence-electron chi connectivity index (χ0n) is 11.8. The highest BCUT2D eigenvalue weighted by molar-refractivity contribution is 9.10. The molecule has 3 nitrogen and oxygen atoms in total. The fourth-order valence-corrected chi connectivity index (χ4v) is 3.15. The normalized spacial score (nSPS) is 21.1. The molecular formula is C15H23BrN2O. The lowest BCUT2D eigenvalue weighted by molar-refractivity contribution is 0.257. The van der Waals surface area contributed by atoms with E-state index in [9.17, 15) is 0 Å². The van der Waals surface area contributed by atoms with E-state index in [0.29, 0.717) is 6.04 Å². The minimum atomic E-state index is 0.629. The van der Waals surface area contributed by atoms with Gasteiger partial charge < -0.3 is 10.1 Å². The lowest BCUT2D eigenvalue weighted by Crippen LogP contribution is -2.36. The van der Waals surface area contributed by atoms with Crippen LogP contribution < -0.4 is 10.1 Å². The monoisotopic (exact) mass is 326 g/mol. The molecule has 1 heterocycles. The maximum Gasteiger partial charge on any atom is 0.133 e. The van der Waals surface area contributed by atoms with Crippen molar-refractivity contribution in [1.29, 1.82) is 0 Å². The quantitative estimate of drug-likeness (QED) is 0.920. The van der Waals surface area contributed by atoms with Gasteiger partial charge in [0.15, 0.2) is 0 Å². The van der Waals surface area contributed by atoms with Crippen LogP contribution >= 0.6 is 15.9 Å². The molecule has 1 saturated heterocycles. The lowest BCUT2D eigenvalue weighted by atomic mass is 10.1. The summed E-state index contributed by atoms with van der Waals surface area (Å²) in [5.41, 5.74) is 1.34. The van der Waals surface area contributed by atoms with Gasteiger partial charge >= 0.3 is 0 Å². The van der Waals surface area contributed by atoms with E-state index in [2.05, 4.69) is 45.2 Å². The first-order valence-electron chi connectivity index (χ1n) is 7.01. The van der Waals surface area contributed by atoms with E-state index in [1.54, 1.807) is 7.11 Å². The summed E-state index contributed by atoms with van der Waals surface area (Å²) in [4.78, 5) is 2.54. The van der Waals surface area contributed by atoms with Crippen LogP contribution in [0.1, 0.15) is 25.3 Å². The molecule has 2 rings (SSSR count). The van der Waals surface area contributed by atoms with Crippen LogP contribution in [-0.4, -0.2) is 37.7 Å². The van der Waals surface area contributed by atoms with Gasteiger partial charge in [-0.1, -0.05) is 13.0 Å². The molecule has 1 aromatic rings. The molecule has 0 bridgehead atoms. The van der Waals surface area contributed by atoms with Gasteiger partial charge in [0.25, 0.3) is 0 Å². The lowest BCUT2D eigenvalue weighted by Gasteiger charge is -2.23. The molecular weight excluding hydrogens is 304 g/mol. The van der Waals surface area contributed by atoms with E-state index in [4.69, 9.17) is 4.74 Å². The zero-order valence-corrected chi connectivity index (χ0v) is 13.4. The average molecular weight is 327 g/mol. The van der Waals surface area contributed by atoms with E-state index < -0.39 is 0 Å². The summed E-state index contributed by atoms with van der Waals surface area (Å²) in [6, 6.07) is 6.98. The second kappa shape index (κ2) is 7.27. The highest BCUT2D eigenvalue weighted by Crippen LogP contribution is 2.26. The molecule has 1 aromatic carbocycles. The number of rotatable bonds is 4. The van der Waals surface area contributed by atoms with Gasteiger partial charge in [-0.2, -0.15) is 0 Å². The summed E-state index contributed by atoms with van der Waals surface area (Å²) in [5.74, 6) is 0.896. The van der Waals surface area contributed by atoms with Crippen LogP contribution in [0, 0.1) is 0 Å². The Morgan fingerprint density at radius 1 is 1.47 bits per heavy atom. The third-order valence-electron chi connectivity index (χ3n) is 3.68. The second-order valence-corrected chi connectivity index (χ2v) is 5.97. The predicted octanol–water partition coefficient (Wildman–Crippen LogP) is 3.03. The van der Waals surface area contributed by atoms with Crippen molar-refractivity contribution in [2.24, 2.45) is 0 Å². The van der Waals surface area contributed by atoms with Crippen LogP contribution in [-0.2, 0) is 6.54 Å². The van der Waals surface area contributed by atoms with E-state index >= 15 is 0 Å². The average Bonchev–Trinajstić information content (AvgIpc) is 2.64. The molecule has 0 radical (unpaired) electrons. The van der Waals surface area contributed by atoms with Gasteiger partial charge in [0.05, 0.1) is 11.6 Å². The molecule has 1 aliphatic rings. The standard InChI is InChI=1S/C15H23BrN2O/c1-3-13-11-18(8-4-7-17-13)10-12-5-6-15(19-2)14(16)9-12/h5-6,9,13,17H,3-4,7-8,10-11H2,1-2H3. The van der Waals surface area contributed by atoms with E-state index in [-0.39, 0.29) is 0 Å². The van der Waals surface area contributed by atoms with Gasteiger partial charge in [-0.3, -0.25) is 4.90 Å². The smallest absolute Gasteiger partial charge is 0.133 e. The van der Waals surface area contributed by atoms with Gasteiger partial charge in [0.1, 0.15) is 5.75 Å². The maximum atomic E-state index is 5.27. The highest BCUT2D eigenvalue weighted by Gasteiger charge is 2.16. The number of benzene rings is 1. The molecule has 19 heavy (non-hydrogen) atoms. The molecule has 4 heteroatoms. The van der Waals surface area contributed by atoms with E-state index in [1.807, 2.05) is 6.07 Å². The number of hydrogen-bond donors (Lipinski definition) is 1. The molecule has 1 atom stereocenters. The van der Waals surface area contributed by atoms with Crippen molar-refractivity contribution < 1.29 is 4.74 Å². The molecule has 0 amide bonds. The van der Waals surface area contributed by atoms with Crippen LogP contribution in [0.4, 0.5) is 0 Å². The molecule has 0 aromatic heterocycles. The predicted molar refractivity (Wildman–Crippen MR) is 82.7 cm³/mol. The Morgan fingerprint density at radius 2 is 2.32 bits per heavy atom. The van der Waals surface area contributed by atoms with Crippen LogP contribution in [0.5, 0.6) is 5.75 Å². The number of nitrogens with zero attached hydrogens (tertiary/aromatic N) is 1. The Labute approximate surface area is 124 Å². The Kier molecular flexibility index (Phi) is 5.67. The number of halogens is 1. The first-order chi connectivity index (χ1) is 9.22. The molecule has 1 N–H and O–H groups in total. The SMILES string of the molecule is CCC1CN(Cc2ccc(OC)c(Br)c2)CCCN1. The summed E-state index contributed by atoms with van der Waals surface area (Å²) in [6.45, 7) is 6.72. The number of ether oxygens (including phenoxy) is 1. The summed E-state index contributed by atoms with van der Waals surface area (Å²) in [7, 11) is 1.70. The summed E-state index contributed by atoms with van der Waals surface area (Å²) < 4.78 is 6.31. The van der Waals surface area contributed by atoms with Gasteiger partial charge in [0.2, 0.25) is 0 Å². The first kappa shape index (κ1) is 14.8. The van der Waals surface area contributed by atoms with Crippen molar-refractivity contribution in [3.8, 4) is 5.75 Å². The van der Waals surface area contributed by atoms with Gasteiger partial charge in [-0.25, -0.2) is 0 Å². The van der Waals surface area contributed by atoms with Crippen molar-refractivity contribution in [1.82, 2.24) is 10.2 Å². The third-order valence-corrected chi connectivity index (χ3v) is 4.30. The van der Waals surface area contributed by atoms with Gasteiger partial charge in [-0.05, 0) is 59.6 Å². The van der Waals surface area contributed by atoms with E-state index in [1.165, 1.54) is 24.9 Å². The summed E-state index contributed by atoms with van der Waals surface area (Å²) in [6.07, 6.45) is 2.43. The second-order valence-electron chi connectivity index (χ2n) is 5.12. The number of methoxy groups -OCH3 is 1. The Bertz CT molecular complexity index is 411. The minimum absolute atomic E-state index is 0.629. The van der Waals surface area contributed by atoms with Crippen molar-refractivity contribution in [3.05, 3.63) is 28.2 Å². The minimum Gasteiger partial charge on any atom is -0.496 e. The topological polar surface area (TPSA) is 24.5 Å². The zero-order chi connectivity index (χ0) is 13.7. The fourth-order valence-electron chi connectivity index (χ4n) is 2.56.